The lowest BCUT2D eigenvalue weighted by molar-refractivity contribution is -0.385. The van der Waals surface area contributed by atoms with Crippen LogP contribution in [-0.4, -0.2) is 46.3 Å². The van der Waals surface area contributed by atoms with Gasteiger partial charge in [-0.15, -0.1) is 0 Å². The number of rotatable bonds is 4. The van der Waals surface area contributed by atoms with Crippen LogP contribution in [0.3, 0.4) is 0 Å². The van der Waals surface area contributed by atoms with Gasteiger partial charge in [-0.25, -0.2) is 4.98 Å². The number of carbonyl (C=O) groups is 1. The van der Waals surface area contributed by atoms with E-state index in [4.69, 9.17) is 16.3 Å². The Morgan fingerprint density at radius 3 is 3.05 bits per heavy atom. The van der Waals surface area contributed by atoms with Crippen molar-refractivity contribution in [2.24, 2.45) is 0 Å². The highest BCUT2D eigenvalue weighted by Gasteiger charge is 2.33. The van der Waals surface area contributed by atoms with Gasteiger partial charge >= 0.3 is 0 Å². The molecule has 1 amide bonds. The van der Waals surface area contributed by atoms with Crippen molar-refractivity contribution in [3.05, 3.63) is 33.1 Å². The summed E-state index contributed by atoms with van der Waals surface area (Å²) in [6.07, 6.45) is 1.38. The fourth-order valence-corrected chi connectivity index (χ4v) is 1.96. The highest BCUT2D eigenvalue weighted by Crippen LogP contribution is 2.20. The van der Waals surface area contributed by atoms with Gasteiger partial charge in [-0.1, -0.05) is 11.6 Å². The zero-order valence-corrected chi connectivity index (χ0v) is 11.1. The van der Waals surface area contributed by atoms with Crippen LogP contribution in [0.4, 0.5) is 5.69 Å². The van der Waals surface area contributed by atoms with Crippen molar-refractivity contribution in [3.63, 3.8) is 0 Å². The molecule has 2 rings (SSSR count). The first kappa shape index (κ1) is 14.6. The number of nitro groups is 1. The Bertz CT molecular complexity index is 545. The van der Waals surface area contributed by atoms with Crippen LogP contribution >= 0.6 is 11.6 Å². The number of aromatic nitrogens is 1. The molecule has 9 heteroatoms. The molecule has 1 unspecified atom stereocenters. The average Bonchev–Trinajstić information content (AvgIpc) is 2.84. The Balaban J connectivity index is 2.08. The van der Waals surface area contributed by atoms with Crippen molar-refractivity contribution in [2.45, 2.75) is 12.0 Å². The van der Waals surface area contributed by atoms with Crippen molar-refractivity contribution < 1.29 is 19.6 Å². The van der Waals surface area contributed by atoms with Gasteiger partial charge in [0.25, 0.3) is 11.6 Å². The van der Waals surface area contributed by atoms with Gasteiger partial charge in [-0.3, -0.25) is 14.9 Å². The van der Waals surface area contributed by atoms with Crippen molar-refractivity contribution in [1.29, 1.82) is 0 Å². The molecule has 0 aliphatic carbocycles. The van der Waals surface area contributed by atoms with Crippen LogP contribution in [0.5, 0.6) is 0 Å². The maximum absolute atomic E-state index is 11.9. The van der Waals surface area contributed by atoms with E-state index in [0.717, 1.165) is 12.3 Å². The molecule has 108 valence electrons. The Labute approximate surface area is 118 Å². The predicted octanol–water partition coefficient (Wildman–Crippen LogP) is 0.524. The quantitative estimate of drug-likeness (QED) is 0.476. The Morgan fingerprint density at radius 2 is 2.45 bits per heavy atom. The molecule has 1 saturated heterocycles. The number of nitrogens with zero attached hydrogens (tertiary/aromatic N) is 2. The van der Waals surface area contributed by atoms with Gasteiger partial charge in [0, 0.05) is 25.6 Å². The first-order chi connectivity index (χ1) is 9.41. The van der Waals surface area contributed by atoms with Crippen LogP contribution in [-0.2, 0) is 4.74 Å². The highest BCUT2D eigenvalue weighted by molar-refractivity contribution is 6.32. The maximum Gasteiger partial charge on any atom is 0.288 e. The van der Waals surface area contributed by atoms with Gasteiger partial charge < -0.3 is 15.2 Å². The number of amides is 1. The number of pyridine rings is 1. The lowest BCUT2D eigenvalue weighted by Crippen LogP contribution is -2.43. The summed E-state index contributed by atoms with van der Waals surface area (Å²) < 4.78 is 5.04. The van der Waals surface area contributed by atoms with E-state index in [0.29, 0.717) is 13.0 Å². The third kappa shape index (κ3) is 3.21. The smallest absolute Gasteiger partial charge is 0.288 e. The van der Waals surface area contributed by atoms with Gasteiger partial charge in [0.15, 0.2) is 0 Å². The Kier molecular flexibility index (Phi) is 4.17. The number of aliphatic hydroxyl groups is 1. The lowest BCUT2D eigenvalue weighted by Gasteiger charge is -2.20. The molecule has 2 N–H and O–H groups in total. The van der Waals surface area contributed by atoms with Gasteiger partial charge in [0.2, 0.25) is 0 Å². The minimum atomic E-state index is -1.11. The fourth-order valence-electron chi connectivity index (χ4n) is 1.77. The summed E-state index contributed by atoms with van der Waals surface area (Å²) in [6.45, 7) is 0.532. The molecule has 8 nitrogen and oxygen atoms in total. The third-order valence-electron chi connectivity index (χ3n) is 2.94. The molecule has 0 bridgehead atoms. The number of carbonyl (C=O) groups excluding carboxylic acids is 1. The second kappa shape index (κ2) is 5.70. The summed E-state index contributed by atoms with van der Waals surface area (Å²) in [7, 11) is 0. The van der Waals surface area contributed by atoms with E-state index in [9.17, 15) is 20.0 Å². The van der Waals surface area contributed by atoms with Crippen LogP contribution < -0.4 is 5.32 Å². The molecule has 0 aromatic carbocycles. The fraction of sp³-hybridized carbons (Fsp3) is 0.455. The minimum absolute atomic E-state index is 0.0230. The minimum Gasteiger partial charge on any atom is -0.386 e. The first-order valence-corrected chi connectivity index (χ1v) is 6.17. The summed E-state index contributed by atoms with van der Waals surface area (Å²) in [6, 6.07) is 1.04. The molecule has 1 aromatic rings. The van der Waals surface area contributed by atoms with E-state index in [1.165, 1.54) is 0 Å². The molecule has 2 heterocycles. The van der Waals surface area contributed by atoms with Gasteiger partial charge in [-0.2, -0.15) is 0 Å². The zero-order chi connectivity index (χ0) is 14.8. The SMILES string of the molecule is O=C(NCC1(O)CCOC1)c1cc([N+](=O)[O-])cnc1Cl. The lowest BCUT2D eigenvalue weighted by atomic mass is 10.0. The van der Waals surface area contributed by atoms with Crippen molar-refractivity contribution in [2.75, 3.05) is 19.8 Å². The number of hydrogen-bond acceptors (Lipinski definition) is 6. The number of hydrogen-bond donors (Lipinski definition) is 2. The summed E-state index contributed by atoms with van der Waals surface area (Å²) in [5.41, 5.74) is -1.55. The highest BCUT2D eigenvalue weighted by atomic mass is 35.5. The number of ether oxygens (including phenoxy) is 1. The molecule has 1 fully saturated rings. The summed E-state index contributed by atoms with van der Waals surface area (Å²) in [5, 5.41) is 23.0. The molecule has 0 saturated carbocycles. The van der Waals surface area contributed by atoms with E-state index in [-0.39, 0.29) is 29.6 Å². The average molecular weight is 302 g/mol. The van der Waals surface area contributed by atoms with Crippen LogP contribution in [0, 0.1) is 10.1 Å². The molecule has 1 aromatic heterocycles. The first-order valence-electron chi connectivity index (χ1n) is 5.79. The van der Waals surface area contributed by atoms with Gasteiger partial charge in [0.05, 0.1) is 17.1 Å². The molecule has 0 spiro atoms. The standard InChI is InChI=1S/C11H12ClN3O5/c12-9-8(3-7(4-13-9)15(18)19)10(16)14-5-11(17)1-2-20-6-11/h3-4,17H,1-2,5-6H2,(H,14,16). The molecular weight excluding hydrogens is 290 g/mol. The van der Waals surface area contributed by atoms with Crippen LogP contribution in [0.2, 0.25) is 5.15 Å². The van der Waals surface area contributed by atoms with Crippen molar-refractivity contribution >= 4 is 23.2 Å². The van der Waals surface area contributed by atoms with E-state index in [1.807, 2.05) is 0 Å². The molecular formula is C11H12ClN3O5. The monoisotopic (exact) mass is 301 g/mol. The van der Waals surface area contributed by atoms with Crippen molar-refractivity contribution in [3.8, 4) is 0 Å². The number of halogens is 1. The molecule has 1 aliphatic heterocycles. The zero-order valence-electron chi connectivity index (χ0n) is 10.3. The maximum atomic E-state index is 11.9. The topological polar surface area (TPSA) is 115 Å². The van der Waals surface area contributed by atoms with E-state index in [2.05, 4.69) is 10.3 Å². The predicted molar refractivity (Wildman–Crippen MR) is 68.6 cm³/mol. The van der Waals surface area contributed by atoms with E-state index >= 15 is 0 Å². The molecule has 1 aliphatic rings. The van der Waals surface area contributed by atoms with Crippen LogP contribution in [0.25, 0.3) is 0 Å². The number of nitrogens with one attached hydrogen (secondary N) is 1. The normalized spacial score (nSPS) is 21.7. The largest absolute Gasteiger partial charge is 0.386 e. The molecule has 20 heavy (non-hydrogen) atoms. The van der Waals surface area contributed by atoms with E-state index in [1.54, 1.807) is 0 Å². The summed E-state index contributed by atoms with van der Waals surface area (Å²) in [5.74, 6) is -0.633. The Morgan fingerprint density at radius 1 is 1.70 bits per heavy atom. The van der Waals surface area contributed by atoms with E-state index < -0.39 is 16.4 Å². The molecule has 0 radical (unpaired) electrons. The van der Waals surface area contributed by atoms with Crippen LogP contribution in [0.1, 0.15) is 16.8 Å². The second-order valence-electron chi connectivity index (χ2n) is 4.50. The Hall–Kier alpha value is -1.77. The summed E-state index contributed by atoms with van der Waals surface area (Å²) >= 11 is 5.74. The van der Waals surface area contributed by atoms with Crippen LogP contribution in [0.15, 0.2) is 12.3 Å². The summed E-state index contributed by atoms with van der Waals surface area (Å²) in [4.78, 5) is 25.5. The van der Waals surface area contributed by atoms with Crippen molar-refractivity contribution in [1.82, 2.24) is 10.3 Å². The van der Waals surface area contributed by atoms with Gasteiger partial charge in [0.1, 0.15) is 17.0 Å². The second-order valence-corrected chi connectivity index (χ2v) is 4.86. The molecule has 1 atom stereocenters. The van der Waals surface area contributed by atoms with Gasteiger partial charge in [-0.05, 0) is 0 Å². The third-order valence-corrected chi connectivity index (χ3v) is 3.24.